The summed E-state index contributed by atoms with van der Waals surface area (Å²) in [6.07, 6.45) is 0. The van der Waals surface area contributed by atoms with Crippen molar-refractivity contribution >= 4 is 90.0 Å². The van der Waals surface area contributed by atoms with E-state index in [0.717, 1.165) is 11.1 Å². The minimum Gasteiger partial charge on any atom is -0.462 e. The van der Waals surface area contributed by atoms with Gasteiger partial charge in [0, 0.05) is 37.8 Å². The number of ether oxygens (including phenoxy) is 4. The highest BCUT2D eigenvalue weighted by Gasteiger charge is 2.29. The van der Waals surface area contributed by atoms with Crippen LogP contribution in [0.2, 0.25) is 0 Å². The quantitative estimate of drug-likeness (QED) is 0.0749. The molecule has 7 rings (SSSR count). The summed E-state index contributed by atoms with van der Waals surface area (Å²) in [4.78, 5) is 74.2. The summed E-state index contributed by atoms with van der Waals surface area (Å²) >= 11 is 0. The van der Waals surface area contributed by atoms with Crippen LogP contribution < -0.4 is 10.4 Å². The summed E-state index contributed by atoms with van der Waals surface area (Å²) in [5, 5.41) is 1.69. The van der Waals surface area contributed by atoms with Crippen LogP contribution in [0.15, 0.2) is 78.9 Å². The van der Waals surface area contributed by atoms with Gasteiger partial charge in [-0.1, -0.05) is 54.6 Å². The molecule has 57 heavy (non-hydrogen) atoms. The molecule has 0 aliphatic carbocycles. The fraction of sp³-hybridized carbons (Fsp3) is 0.222. The largest absolute Gasteiger partial charge is 0.462 e. The number of H-pyrrole nitrogens is 1. The average Bonchev–Trinajstić information content (AvgIpc) is 3.79. The summed E-state index contributed by atoms with van der Waals surface area (Å²) in [7, 11) is 0. The van der Waals surface area contributed by atoms with E-state index < -0.39 is 23.9 Å². The third kappa shape index (κ3) is 6.94. The number of fused-ring (bicyclic) bond motifs is 6. The van der Waals surface area contributed by atoms with Crippen LogP contribution in [0.25, 0.3) is 77.3 Å². The van der Waals surface area contributed by atoms with Gasteiger partial charge in [0.1, 0.15) is 0 Å². The predicted molar refractivity (Wildman–Crippen MR) is 218 cm³/mol. The van der Waals surface area contributed by atoms with Gasteiger partial charge in [0.15, 0.2) is 11.1 Å². The molecular weight excluding hydrogens is 725 g/mol. The van der Waals surface area contributed by atoms with Crippen LogP contribution in [-0.2, 0) is 38.1 Å². The molecule has 2 aromatic carbocycles. The minimum atomic E-state index is -0.882. The molecule has 0 radical (unpaired) electrons. The molecule has 4 aromatic heterocycles. The molecule has 1 aliphatic heterocycles. The number of rotatable bonds is 9. The van der Waals surface area contributed by atoms with Gasteiger partial charge >= 0.3 is 23.9 Å². The van der Waals surface area contributed by atoms with Crippen molar-refractivity contribution in [1.82, 2.24) is 19.9 Å². The van der Waals surface area contributed by atoms with Gasteiger partial charge in [0.25, 0.3) is 0 Å². The molecule has 5 heterocycles. The van der Waals surface area contributed by atoms with Gasteiger partial charge in [-0.05, 0) is 82.5 Å². The lowest BCUT2D eigenvalue weighted by Gasteiger charge is -2.10. The Morgan fingerprint density at radius 3 is 1.46 bits per heavy atom. The number of pyridine rings is 2. The number of nitrogens with one attached hydrogen (secondary N) is 1. The Morgan fingerprint density at radius 2 is 0.947 bits per heavy atom. The van der Waals surface area contributed by atoms with E-state index in [9.17, 15) is 19.2 Å². The first-order chi connectivity index (χ1) is 27.6. The van der Waals surface area contributed by atoms with E-state index in [0.29, 0.717) is 55.4 Å². The van der Waals surface area contributed by atoms with E-state index >= 15 is 0 Å². The fourth-order valence-corrected chi connectivity index (χ4v) is 7.04. The Balaban J connectivity index is 1.87. The number of benzene rings is 2. The van der Waals surface area contributed by atoms with Crippen LogP contribution in [0.5, 0.6) is 0 Å². The minimum absolute atomic E-state index is 0.00568. The van der Waals surface area contributed by atoms with Gasteiger partial charge in [0.05, 0.1) is 59.9 Å². The summed E-state index contributed by atoms with van der Waals surface area (Å²) in [6.45, 7) is 10.4. The van der Waals surface area contributed by atoms with E-state index in [1.54, 1.807) is 45.9 Å². The molecule has 0 saturated carbocycles. The zero-order valence-corrected chi connectivity index (χ0v) is 32.4. The number of aromatic nitrogens is 4. The van der Waals surface area contributed by atoms with Crippen molar-refractivity contribution in [1.29, 1.82) is 0 Å². The van der Waals surface area contributed by atoms with E-state index in [2.05, 4.69) is 4.98 Å². The number of aromatic amines is 1. The molecule has 0 unspecified atom stereocenters. The van der Waals surface area contributed by atoms with Crippen molar-refractivity contribution in [3.63, 3.8) is 0 Å². The summed E-state index contributed by atoms with van der Waals surface area (Å²) < 4.78 is 21.9. The molecule has 0 fully saturated rings. The Morgan fingerprint density at radius 1 is 0.509 bits per heavy atom. The monoisotopic (exact) mass is 764 g/mol. The topological polar surface area (TPSA) is 160 Å². The van der Waals surface area contributed by atoms with Gasteiger partial charge in [-0.15, -0.1) is 0 Å². The maximum absolute atomic E-state index is 13.9. The van der Waals surface area contributed by atoms with Gasteiger partial charge < -0.3 is 23.9 Å². The standard InChI is InChI=1S/C45H40N4O8/c1-7-54-42(50)36(43(51)55-8-2)34-30-23-22-29(46-30)33(26-14-12-11-13-15-26)38-24(5)25(6)39(49-38)35(37(44(52)56-9-3)45(53)57-10-4)32-21-19-28-17-16-27-18-20-31(34)47-40(27)41(28)48-32/h11-23,46H,7-10H2,1-6H3. The van der Waals surface area contributed by atoms with Crippen LogP contribution in [0, 0.1) is 0 Å². The van der Waals surface area contributed by atoms with Crippen molar-refractivity contribution in [3.8, 4) is 11.1 Å². The predicted octanol–water partition coefficient (Wildman–Crippen LogP) is 6.42. The highest BCUT2D eigenvalue weighted by molar-refractivity contribution is 6.38. The molecule has 0 amide bonds. The average molecular weight is 765 g/mol. The smallest absolute Gasteiger partial charge is 0.346 e. The first kappa shape index (κ1) is 38.3. The van der Waals surface area contributed by atoms with Crippen LogP contribution in [0.3, 0.4) is 0 Å². The van der Waals surface area contributed by atoms with Crippen molar-refractivity contribution in [2.24, 2.45) is 0 Å². The molecule has 12 nitrogen and oxygen atoms in total. The molecule has 1 aliphatic rings. The fourth-order valence-electron chi connectivity index (χ4n) is 7.04. The number of allylic oxidation sites excluding steroid dienone is 2. The highest BCUT2D eigenvalue weighted by atomic mass is 16.6. The van der Waals surface area contributed by atoms with Crippen molar-refractivity contribution < 1.29 is 38.1 Å². The summed E-state index contributed by atoms with van der Waals surface area (Å²) in [6, 6.07) is 24.0. The van der Waals surface area contributed by atoms with Crippen LogP contribution in [-0.4, -0.2) is 70.2 Å². The van der Waals surface area contributed by atoms with Gasteiger partial charge in [-0.2, -0.15) is 0 Å². The third-order valence-electron chi connectivity index (χ3n) is 9.71. The number of hydrogen-bond acceptors (Lipinski definition) is 11. The molecule has 6 aromatic rings. The van der Waals surface area contributed by atoms with E-state index in [4.69, 9.17) is 33.9 Å². The molecule has 1 N–H and O–H groups in total. The Hall–Kier alpha value is -6.95. The summed E-state index contributed by atoms with van der Waals surface area (Å²) in [5.41, 5.74) is 5.43. The lowest BCUT2D eigenvalue weighted by atomic mass is 9.98. The van der Waals surface area contributed by atoms with Crippen LogP contribution in [0.1, 0.15) is 52.9 Å². The number of carbonyl (C=O) groups is 4. The molecule has 8 bridgehead atoms. The van der Waals surface area contributed by atoms with E-state index in [-0.39, 0.29) is 59.0 Å². The molecule has 0 spiro atoms. The van der Waals surface area contributed by atoms with E-state index in [1.165, 1.54) is 0 Å². The zero-order chi connectivity index (χ0) is 40.4. The zero-order valence-electron chi connectivity index (χ0n) is 32.4. The number of carbonyl (C=O) groups excluding carboxylic acids is 4. The Kier molecular flexibility index (Phi) is 10.8. The molecule has 0 atom stereocenters. The SMILES string of the molecule is CCOC(=O)C(C(=O)OCC)=c1c2nc(c(-c3ccccc3)c3ccc([nH]3)c(=C(C(=O)OCC)C(=O)OCC)c3ccc4ccc5ccc1nc5c4n3)C(C)=C2C. The van der Waals surface area contributed by atoms with Crippen molar-refractivity contribution in [2.45, 2.75) is 41.5 Å². The van der Waals surface area contributed by atoms with Gasteiger partial charge in [-0.25, -0.2) is 34.1 Å². The van der Waals surface area contributed by atoms with Crippen molar-refractivity contribution in [2.75, 3.05) is 26.4 Å². The number of nitrogens with zero attached hydrogens (tertiary/aromatic N) is 3. The molecule has 0 saturated heterocycles. The second-order valence-electron chi connectivity index (χ2n) is 13.1. The van der Waals surface area contributed by atoms with Crippen LogP contribution >= 0.6 is 0 Å². The lowest BCUT2D eigenvalue weighted by Crippen LogP contribution is -2.27. The van der Waals surface area contributed by atoms with Crippen LogP contribution in [0.4, 0.5) is 0 Å². The maximum atomic E-state index is 13.9. The first-order valence-electron chi connectivity index (χ1n) is 18.8. The lowest BCUT2D eigenvalue weighted by molar-refractivity contribution is -0.144. The Labute approximate surface area is 327 Å². The highest BCUT2D eigenvalue weighted by Crippen LogP contribution is 2.37. The first-order valence-corrected chi connectivity index (χ1v) is 18.8. The van der Waals surface area contributed by atoms with E-state index in [1.807, 2.05) is 74.5 Å². The second kappa shape index (κ2) is 16.0. The summed E-state index contributed by atoms with van der Waals surface area (Å²) in [5.74, 6) is -3.51. The molecule has 288 valence electrons. The number of hydrogen-bond donors (Lipinski definition) is 1. The Bertz CT molecular complexity index is 2850. The third-order valence-corrected chi connectivity index (χ3v) is 9.71. The second-order valence-corrected chi connectivity index (χ2v) is 13.1. The maximum Gasteiger partial charge on any atom is 0.346 e. The molecule has 12 heteroatoms. The molecular formula is C45H40N4O8. The number of esters is 4. The van der Waals surface area contributed by atoms with Crippen molar-refractivity contribution in [3.05, 3.63) is 101 Å². The van der Waals surface area contributed by atoms with Gasteiger partial charge in [-0.3, -0.25) is 0 Å². The normalized spacial score (nSPS) is 11.8. The van der Waals surface area contributed by atoms with Gasteiger partial charge in [0.2, 0.25) is 0 Å².